The van der Waals surface area contributed by atoms with Crippen LogP contribution >= 0.6 is 0 Å². The van der Waals surface area contributed by atoms with Gasteiger partial charge in [-0.3, -0.25) is 0 Å². The van der Waals surface area contributed by atoms with Crippen molar-refractivity contribution in [3.63, 3.8) is 0 Å². The Kier molecular flexibility index (Phi) is 8.95. The average molecular weight is 503 g/mol. The number of rotatable bonds is 13. The molecule has 0 amide bonds. The second-order valence-corrected chi connectivity index (χ2v) is 21.9. The Balaban J connectivity index is 1.69. The molecule has 2 aromatic rings. The summed E-state index contributed by atoms with van der Waals surface area (Å²) in [6.45, 7) is 5.95. The van der Waals surface area contributed by atoms with E-state index >= 15 is 0 Å². The van der Waals surface area contributed by atoms with Crippen molar-refractivity contribution in [2.75, 3.05) is 7.11 Å². The number of imidazole rings is 1. The van der Waals surface area contributed by atoms with Gasteiger partial charge in [-0.1, -0.05) is 0 Å². The second kappa shape index (κ2) is 11.4. The average Bonchev–Trinajstić information content (AvgIpc) is 3.37. The summed E-state index contributed by atoms with van der Waals surface area (Å²) in [5, 5.41) is 0. The van der Waals surface area contributed by atoms with Gasteiger partial charge in [0.1, 0.15) is 0 Å². The molecule has 1 aliphatic heterocycles. The number of aromatic nitrogens is 2. The van der Waals surface area contributed by atoms with Gasteiger partial charge in [0.25, 0.3) is 0 Å². The number of fused-ring (bicyclic) bond motifs is 1. The van der Waals surface area contributed by atoms with Crippen LogP contribution < -0.4 is 8.45 Å². The van der Waals surface area contributed by atoms with Gasteiger partial charge >= 0.3 is 183 Å². The Labute approximate surface area is 182 Å². The first-order chi connectivity index (χ1) is 14.2. The third kappa shape index (κ3) is 5.80. The summed E-state index contributed by atoms with van der Waals surface area (Å²) < 4.78 is 14.3. The fourth-order valence-electron chi connectivity index (χ4n) is 5.06. The van der Waals surface area contributed by atoms with Crippen LogP contribution in [-0.2, 0) is 19.4 Å². The predicted octanol–water partition coefficient (Wildman–Crippen LogP) is 6.12. The Hall–Kier alpha value is -0.971. The molecule has 4 heteroatoms. The zero-order chi connectivity index (χ0) is 20.5. The fourth-order valence-corrected chi connectivity index (χ4v) is 21.2. The normalized spacial score (nSPS) is 13.6. The second-order valence-electron chi connectivity index (χ2n) is 8.86. The molecule has 3 nitrogen and oxygen atoms in total. The first-order valence-corrected chi connectivity index (χ1v) is 19.4. The maximum absolute atomic E-state index is 5.29. The van der Waals surface area contributed by atoms with Gasteiger partial charge in [-0.15, -0.1) is 0 Å². The van der Waals surface area contributed by atoms with E-state index in [4.69, 9.17) is 9.72 Å². The van der Waals surface area contributed by atoms with Crippen molar-refractivity contribution in [3.05, 3.63) is 41.9 Å². The van der Waals surface area contributed by atoms with Gasteiger partial charge in [-0.25, -0.2) is 0 Å². The predicted molar refractivity (Wildman–Crippen MR) is 126 cm³/mol. The molecule has 1 aliphatic rings. The third-order valence-electron chi connectivity index (χ3n) is 6.81. The van der Waals surface area contributed by atoms with Crippen molar-refractivity contribution in [2.45, 2.75) is 91.5 Å². The van der Waals surface area contributed by atoms with Crippen molar-refractivity contribution >= 4 is 22.1 Å². The number of unbranched alkanes of at least 4 members (excludes halogenated alkanes) is 3. The Bertz CT molecular complexity index is 730. The number of ether oxygens (including phenoxy) is 1. The van der Waals surface area contributed by atoms with Crippen molar-refractivity contribution < 1.29 is 4.74 Å². The molecular formula is C25H40N2OSn. The minimum atomic E-state index is -2.42. The van der Waals surface area contributed by atoms with Crippen LogP contribution in [0.25, 0.3) is 0 Å². The van der Waals surface area contributed by atoms with Gasteiger partial charge in [-0.05, 0) is 0 Å². The van der Waals surface area contributed by atoms with Gasteiger partial charge in [0.15, 0.2) is 0 Å². The van der Waals surface area contributed by atoms with Crippen LogP contribution in [0, 0.1) is 0 Å². The Morgan fingerprint density at radius 1 is 0.966 bits per heavy atom. The maximum atomic E-state index is 5.29. The zero-order valence-corrected chi connectivity index (χ0v) is 21.7. The molecule has 160 valence electrons. The van der Waals surface area contributed by atoms with Gasteiger partial charge in [-0.2, -0.15) is 0 Å². The van der Waals surface area contributed by atoms with Crippen LogP contribution in [0.15, 0.2) is 30.5 Å². The van der Waals surface area contributed by atoms with E-state index in [0.717, 1.165) is 5.75 Å². The molecule has 2 heterocycles. The third-order valence-corrected chi connectivity index (χ3v) is 22.3. The van der Waals surface area contributed by atoms with Crippen LogP contribution in [0.2, 0.25) is 13.3 Å². The van der Waals surface area contributed by atoms with Gasteiger partial charge in [0.05, 0.1) is 0 Å². The minimum absolute atomic E-state index is 0.956. The molecule has 0 radical (unpaired) electrons. The summed E-state index contributed by atoms with van der Waals surface area (Å²) in [5.41, 5.74) is 1.44. The van der Waals surface area contributed by atoms with Crippen molar-refractivity contribution in [3.8, 4) is 5.75 Å². The summed E-state index contributed by atoms with van der Waals surface area (Å²) in [6, 6.07) is 8.65. The number of hydrogen-bond donors (Lipinski definition) is 0. The SMILES string of the molecule is CCC[CH2][Sn]([CH2]CCC)([CH2]CCCc1ccc(OC)cc1)[c]1cnc2n1CCC2. The van der Waals surface area contributed by atoms with E-state index in [1.807, 2.05) is 0 Å². The molecule has 0 saturated heterocycles. The molecule has 0 aliphatic carbocycles. The van der Waals surface area contributed by atoms with Crippen LogP contribution in [0.1, 0.15) is 70.2 Å². The van der Waals surface area contributed by atoms with Gasteiger partial charge < -0.3 is 0 Å². The van der Waals surface area contributed by atoms with E-state index in [9.17, 15) is 0 Å². The molecule has 0 N–H and O–H groups in total. The number of nitrogens with zero attached hydrogens (tertiary/aromatic N) is 2. The molecule has 1 aromatic heterocycles. The molecule has 1 aromatic carbocycles. The van der Waals surface area contributed by atoms with E-state index in [0.29, 0.717) is 0 Å². The van der Waals surface area contributed by atoms with Crippen LogP contribution in [0.5, 0.6) is 5.75 Å². The molecule has 3 rings (SSSR count). The van der Waals surface area contributed by atoms with Gasteiger partial charge in [0.2, 0.25) is 0 Å². The number of aryl methyl sites for hydroxylation is 2. The zero-order valence-electron chi connectivity index (χ0n) is 18.9. The Morgan fingerprint density at radius 3 is 2.31 bits per heavy atom. The van der Waals surface area contributed by atoms with E-state index < -0.39 is 18.4 Å². The molecule has 0 unspecified atom stereocenters. The van der Waals surface area contributed by atoms with Crippen molar-refractivity contribution in [1.82, 2.24) is 9.55 Å². The van der Waals surface area contributed by atoms with Gasteiger partial charge in [0, 0.05) is 0 Å². The summed E-state index contributed by atoms with van der Waals surface area (Å²) in [4.78, 5) is 4.87. The van der Waals surface area contributed by atoms with E-state index in [1.165, 1.54) is 89.0 Å². The molecule has 29 heavy (non-hydrogen) atoms. The first-order valence-electron chi connectivity index (χ1n) is 11.9. The van der Waals surface area contributed by atoms with E-state index in [-0.39, 0.29) is 0 Å². The number of hydrogen-bond acceptors (Lipinski definition) is 2. The number of benzene rings is 1. The van der Waals surface area contributed by atoms with Crippen LogP contribution in [-0.4, -0.2) is 35.0 Å². The standard InChI is InChI=1S/C11H15O.C6H7N2.2C4H9.Sn/c1-3-4-5-10-6-8-11(12-2)9-7-10;1-2-6-7-3-5-8(6)4-1;2*1-3-4-2;/h6-9H,1,3-5H2,2H3;3H,1-2,4H2;2*1,3-4H2,2H3;. The first kappa shape index (κ1) is 22.7. The van der Waals surface area contributed by atoms with Crippen molar-refractivity contribution in [2.24, 2.45) is 0 Å². The summed E-state index contributed by atoms with van der Waals surface area (Å²) in [7, 11) is 1.74. The Morgan fingerprint density at radius 2 is 1.66 bits per heavy atom. The molecular weight excluding hydrogens is 463 g/mol. The summed E-state index contributed by atoms with van der Waals surface area (Å²) in [6.07, 6.45) is 14.2. The molecule has 0 atom stereocenters. The molecule has 0 spiro atoms. The van der Waals surface area contributed by atoms with Crippen molar-refractivity contribution in [1.29, 1.82) is 0 Å². The van der Waals surface area contributed by atoms with Crippen LogP contribution in [0.4, 0.5) is 0 Å². The quantitative estimate of drug-likeness (QED) is 0.244. The summed E-state index contributed by atoms with van der Waals surface area (Å²) >= 11 is -2.42. The van der Waals surface area contributed by atoms with E-state index in [2.05, 4.69) is 48.9 Å². The summed E-state index contributed by atoms with van der Waals surface area (Å²) in [5.74, 6) is 2.34. The van der Waals surface area contributed by atoms with E-state index in [1.54, 1.807) is 10.8 Å². The fraction of sp³-hybridized carbons (Fsp3) is 0.640. The number of methoxy groups -OCH3 is 1. The molecule has 0 bridgehead atoms. The van der Waals surface area contributed by atoms with Crippen LogP contribution in [0.3, 0.4) is 0 Å². The molecule has 0 fully saturated rings. The molecule has 0 saturated carbocycles. The topological polar surface area (TPSA) is 27.1 Å². The monoisotopic (exact) mass is 504 g/mol.